The van der Waals surface area contributed by atoms with Crippen LogP contribution in [-0.2, 0) is 16.1 Å². The SMILES string of the molecule is COc1cc(/C=C(\C#N)C(=O)NC[C@@H]2CCCO2)ccc1OCc1ccccc1Cl. The summed E-state index contributed by atoms with van der Waals surface area (Å²) in [5.74, 6) is 0.606. The Morgan fingerprint density at radius 2 is 2.17 bits per heavy atom. The maximum Gasteiger partial charge on any atom is 0.262 e. The Morgan fingerprint density at radius 3 is 2.87 bits per heavy atom. The van der Waals surface area contributed by atoms with E-state index < -0.39 is 5.91 Å². The van der Waals surface area contributed by atoms with E-state index >= 15 is 0 Å². The van der Waals surface area contributed by atoms with Gasteiger partial charge in [-0.1, -0.05) is 35.9 Å². The van der Waals surface area contributed by atoms with Gasteiger partial charge in [-0.2, -0.15) is 5.26 Å². The molecule has 1 N–H and O–H groups in total. The Balaban J connectivity index is 1.68. The van der Waals surface area contributed by atoms with Crippen LogP contribution < -0.4 is 14.8 Å². The molecule has 1 saturated heterocycles. The fraction of sp³-hybridized carbons (Fsp3) is 0.304. The Labute approximate surface area is 181 Å². The summed E-state index contributed by atoms with van der Waals surface area (Å²) in [4.78, 5) is 12.3. The lowest BCUT2D eigenvalue weighted by atomic mass is 10.1. The molecule has 30 heavy (non-hydrogen) atoms. The van der Waals surface area contributed by atoms with Gasteiger partial charge < -0.3 is 19.5 Å². The summed E-state index contributed by atoms with van der Waals surface area (Å²) in [5, 5.41) is 12.8. The minimum absolute atomic E-state index is 0.0137. The van der Waals surface area contributed by atoms with Crippen molar-refractivity contribution in [2.75, 3.05) is 20.3 Å². The predicted molar refractivity (Wildman–Crippen MR) is 114 cm³/mol. The van der Waals surface area contributed by atoms with E-state index in [4.69, 9.17) is 25.8 Å². The molecule has 1 heterocycles. The minimum atomic E-state index is -0.425. The van der Waals surface area contributed by atoms with Crippen LogP contribution in [-0.4, -0.2) is 32.3 Å². The van der Waals surface area contributed by atoms with E-state index in [1.807, 2.05) is 24.3 Å². The predicted octanol–water partition coefficient (Wildman–Crippen LogP) is 4.13. The first-order valence-corrected chi connectivity index (χ1v) is 10.0. The lowest BCUT2D eigenvalue weighted by Crippen LogP contribution is -2.32. The lowest BCUT2D eigenvalue weighted by Gasteiger charge is -2.12. The summed E-state index contributed by atoms with van der Waals surface area (Å²) in [6.07, 6.45) is 3.44. The average Bonchev–Trinajstić information content (AvgIpc) is 3.29. The number of carbonyl (C=O) groups is 1. The minimum Gasteiger partial charge on any atom is -0.493 e. The molecule has 2 aromatic carbocycles. The first-order valence-electron chi connectivity index (χ1n) is 9.66. The van der Waals surface area contributed by atoms with Gasteiger partial charge in [0.15, 0.2) is 11.5 Å². The lowest BCUT2D eigenvalue weighted by molar-refractivity contribution is -0.117. The number of hydrogen-bond acceptors (Lipinski definition) is 5. The highest BCUT2D eigenvalue weighted by atomic mass is 35.5. The second kappa shape index (κ2) is 10.7. The molecule has 1 aliphatic rings. The molecule has 7 heteroatoms. The number of halogens is 1. The first-order chi connectivity index (χ1) is 14.6. The largest absolute Gasteiger partial charge is 0.493 e. The second-order valence-electron chi connectivity index (χ2n) is 6.81. The van der Waals surface area contributed by atoms with Gasteiger partial charge in [0.05, 0.1) is 13.2 Å². The van der Waals surface area contributed by atoms with Crippen molar-refractivity contribution in [3.05, 3.63) is 64.2 Å². The molecule has 2 aromatic rings. The van der Waals surface area contributed by atoms with E-state index in [1.165, 1.54) is 13.2 Å². The first kappa shape index (κ1) is 21.7. The number of nitrogens with one attached hydrogen (secondary N) is 1. The number of amides is 1. The van der Waals surface area contributed by atoms with E-state index in [0.29, 0.717) is 41.8 Å². The summed E-state index contributed by atoms with van der Waals surface area (Å²) in [5.41, 5.74) is 1.53. The molecule has 1 aliphatic heterocycles. The van der Waals surface area contributed by atoms with Crippen molar-refractivity contribution in [3.63, 3.8) is 0 Å². The Hall–Kier alpha value is -3.01. The summed E-state index contributed by atoms with van der Waals surface area (Å²) in [7, 11) is 1.53. The van der Waals surface area contributed by atoms with Crippen molar-refractivity contribution in [2.24, 2.45) is 0 Å². The highest BCUT2D eigenvalue weighted by molar-refractivity contribution is 6.31. The van der Waals surface area contributed by atoms with E-state index in [9.17, 15) is 10.1 Å². The zero-order valence-corrected chi connectivity index (χ0v) is 17.4. The van der Waals surface area contributed by atoms with Gasteiger partial charge in [0, 0.05) is 23.7 Å². The summed E-state index contributed by atoms with van der Waals surface area (Å²) >= 11 is 6.16. The normalized spacial score (nSPS) is 16.0. The average molecular weight is 427 g/mol. The third kappa shape index (κ3) is 5.76. The van der Waals surface area contributed by atoms with Crippen LogP contribution in [0.1, 0.15) is 24.0 Å². The van der Waals surface area contributed by atoms with Crippen molar-refractivity contribution in [1.82, 2.24) is 5.32 Å². The fourth-order valence-corrected chi connectivity index (χ4v) is 3.28. The van der Waals surface area contributed by atoms with Gasteiger partial charge in [0.25, 0.3) is 5.91 Å². The van der Waals surface area contributed by atoms with Crippen molar-refractivity contribution in [3.8, 4) is 17.6 Å². The molecule has 0 aliphatic carbocycles. The number of nitrogens with zero attached hydrogens (tertiary/aromatic N) is 1. The molecule has 1 fully saturated rings. The van der Waals surface area contributed by atoms with E-state index in [0.717, 1.165) is 18.4 Å². The molecular weight excluding hydrogens is 404 g/mol. The highest BCUT2D eigenvalue weighted by Crippen LogP contribution is 2.30. The van der Waals surface area contributed by atoms with Gasteiger partial charge in [-0.25, -0.2) is 0 Å². The number of methoxy groups -OCH3 is 1. The molecule has 0 aromatic heterocycles. The molecule has 0 unspecified atom stereocenters. The quantitative estimate of drug-likeness (QED) is 0.507. The fourth-order valence-electron chi connectivity index (χ4n) is 3.09. The van der Waals surface area contributed by atoms with Crippen LogP contribution >= 0.6 is 11.6 Å². The Morgan fingerprint density at radius 1 is 1.33 bits per heavy atom. The van der Waals surface area contributed by atoms with Crippen LogP contribution in [0.15, 0.2) is 48.0 Å². The molecule has 156 valence electrons. The van der Waals surface area contributed by atoms with Crippen molar-refractivity contribution >= 4 is 23.6 Å². The Bertz CT molecular complexity index is 962. The third-order valence-corrected chi connectivity index (χ3v) is 5.09. The standard InChI is InChI=1S/C23H23ClN2O4/c1-28-22-12-16(8-9-21(22)30-15-17-5-2-3-7-20(17)24)11-18(13-25)23(27)26-14-19-6-4-10-29-19/h2-3,5,7-9,11-12,19H,4,6,10,14-15H2,1H3,(H,26,27)/b18-11+/t19-/m0/s1. The number of ether oxygens (including phenoxy) is 3. The van der Waals surface area contributed by atoms with Crippen LogP contribution in [0.25, 0.3) is 6.08 Å². The van der Waals surface area contributed by atoms with E-state index in [-0.39, 0.29) is 11.7 Å². The molecule has 0 spiro atoms. The van der Waals surface area contributed by atoms with Gasteiger partial charge in [0.2, 0.25) is 0 Å². The van der Waals surface area contributed by atoms with Gasteiger partial charge >= 0.3 is 0 Å². The topological polar surface area (TPSA) is 80.6 Å². The smallest absolute Gasteiger partial charge is 0.262 e. The summed E-state index contributed by atoms with van der Waals surface area (Å²) < 4.78 is 16.7. The maximum atomic E-state index is 12.3. The summed E-state index contributed by atoms with van der Waals surface area (Å²) in [6, 6.07) is 14.6. The number of rotatable bonds is 8. The molecule has 3 rings (SSSR count). The molecule has 0 radical (unpaired) electrons. The van der Waals surface area contributed by atoms with Gasteiger partial charge in [-0.3, -0.25) is 4.79 Å². The monoisotopic (exact) mass is 426 g/mol. The van der Waals surface area contributed by atoms with Crippen LogP contribution in [0.4, 0.5) is 0 Å². The number of benzene rings is 2. The third-order valence-electron chi connectivity index (χ3n) is 4.72. The van der Waals surface area contributed by atoms with E-state index in [2.05, 4.69) is 5.32 Å². The molecule has 0 saturated carbocycles. The number of carbonyl (C=O) groups excluding carboxylic acids is 1. The van der Waals surface area contributed by atoms with Gasteiger partial charge in [-0.05, 0) is 42.7 Å². The molecule has 6 nitrogen and oxygen atoms in total. The van der Waals surface area contributed by atoms with Crippen LogP contribution in [0.3, 0.4) is 0 Å². The zero-order chi connectivity index (χ0) is 21.3. The molecule has 1 atom stereocenters. The number of hydrogen-bond donors (Lipinski definition) is 1. The maximum absolute atomic E-state index is 12.3. The van der Waals surface area contributed by atoms with Crippen molar-refractivity contribution in [1.29, 1.82) is 5.26 Å². The van der Waals surface area contributed by atoms with Gasteiger partial charge in [0.1, 0.15) is 18.2 Å². The van der Waals surface area contributed by atoms with Crippen LogP contribution in [0.2, 0.25) is 5.02 Å². The van der Waals surface area contributed by atoms with E-state index in [1.54, 1.807) is 24.3 Å². The summed E-state index contributed by atoms with van der Waals surface area (Å²) in [6.45, 7) is 1.41. The second-order valence-corrected chi connectivity index (χ2v) is 7.21. The molecule has 1 amide bonds. The zero-order valence-electron chi connectivity index (χ0n) is 16.7. The number of nitriles is 1. The van der Waals surface area contributed by atoms with Crippen molar-refractivity contribution < 1.29 is 19.0 Å². The van der Waals surface area contributed by atoms with Crippen LogP contribution in [0, 0.1) is 11.3 Å². The van der Waals surface area contributed by atoms with Gasteiger partial charge in [-0.15, -0.1) is 0 Å². The molecule has 0 bridgehead atoms. The Kier molecular flexibility index (Phi) is 7.72. The molecular formula is C23H23ClN2O4. The van der Waals surface area contributed by atoms with Crippen LogP contribution in [0.5, 0.6) is 11.5 Å². The highest BCUT2D eigenvalue weighted by Gasteiger charge is 2.18. The van der Waals surface area contributed by atoms with Crippen molar-refractivity contribution in [2.45, 2.75) is 25.6 Å².